The molecule has 0 bridgehead atoms. The fourth-order valence-electron chi connectivity index (χ4n) is 1.59. The molecule has 0 saturated heterocycles. The zero-order valence-electron chi connectivity index (χ0n) is 13.2. The first kappa shape index (κ1) is 19.5. The van der Waals surface area contributed by atoms with Gasteiger partial charge in [-0.2, -0.15) is 13.2 Å². The maximum atomic E-state index is 12.4. The van der Waals surface area contributed by atoms with Crippen LogP contribution in [0.3, 0.4) is 0 Å². The number of alkyl halides is 3. The molecule has 0 fully saturated rings. The maximum Gasteiger partial charge on any atom is 0.416 e. The molecule has 0 aliphatic rings. The number of hydrogen-bond donors (Lipinski definition) is 1. The molecule has 1 rings (SSSR count). The van der Waals surface area contributed by atoms with E-state index >= 15 is 0 Å². The summed E-state index contributed by atoms with van der Waals surface area (Å²) in [6.45, 7) is 5.44. The summed E-state index contributed by atoms with van der Waals surface area (Å²) in [5.74, 6) is -0.871. The van der Waals surface area contributed by atoms with E-state index < -0.39 is 17.7 Å². The lowest BCUT2D eigenvalue weighted by atomic mass is 10.1. The molecular formula is C17H18F3NO3. The van der Waals surface area contributed by atoms with Gasteiger partial charge in [0.05, 0.1) is 12.2 Å². The summed E-state index contributed by atoms with van der Waals surface area (Å²) < 4.78 is 42.1. The minimum Gasteiger partial charge on any atom is -0.462 e. The van der Waals surface area contributed by atoms with Gasteiger partial charge in [-0.05, 0) is 37.1 Å². The first-order valence-electron chi connectivity index (χ1n) is 7.16. The van der Waals surface area contributed by atoms with Gasteiger partial charge in [-0.1, -0.05) is 18.7 Å². The molecule has 0 aromatic heterocycles. The van der Waals surface area contributed by atoms with Crippen molar-refractivity contribution in [1.29, 1.82) is 0 Å². The number of nitrogens with one attached hydrogen (secondary N) is 1. The quantitative estimate of drug-likeness (QED) is 0.470. The summed E-state index contributed by atoms with van der Waals surface area (Å²) in [7, 11) is 0. The zero-order valence-corrected chi connectivity index (χ0v) is 13.2. The highest BCUT2D eigenvalue weighted by atomic mass is 19.4. The van der Waals surface area contributed by atoms with Crippen molar-refractivity contribution in [1.82, 2.24) is 5.32 Å². The smallest absolute Gasteiger partial charge is 0.416 e. The van der Waals surface area contributed by atoms with Gasteiger partial charge in [0.25, 0.3) is 0 Å². The fourth-order valence-corrected chi connectivity index (χ4v) is 1.59. The van der Waals surface area contributed by atoms with Crippen LogP contribution >= 0.6 is 0 Å². The number of hydrogen-bond acceptors (Lipinski definition) is 3. The minimum absolute atomic E-state index is 0.161. The molecule has 1 aromatic rings. The van der Waals surface area contributed by atoms with Crippen LogP contribution in [0.5, 0.6) is 0 Å². The van der Waals surface area contributed by atoms with Crippen molar-refractivity contribution in [3.8, 4) is 0 Å². The zero-order chi connectivity index (χ0) is 18.2. The van der Waals surface area contributed by atoms with Gasteiger partial charge < -0.3 is 10.1 Å². The Morgan fingerprint density at radius 1 is 1.25 bits per heavy atom. The third-order valence-corrected chi connectivity index (χ3v) is 2.87. The second kappa shape index (κ2) is 8.90. The Morgan fingerprint density at radius 2 is 1.88 bits per heavy atom. The van der Waals surface area contributed by atoms with Crippen molar-refractivity contribution in [3.05, 3.63) is 53.6 Å². The SMILES string of the molecule is C=C(C)C(=O)OCCCNC(=O)/C=C/c1ccc(C(F)(F)F)cc1. The number of rotatable bonds is 7. The van der Waals surface area contributed by atoms with Crippen molar-refractivity contribution in [2.45, 2.75) is 19.5 Å². The highest BCUT2D eigenvalue weighted by Gasteiger charge is 2.29. The van der Waals surface area contributed by atoms with Crippen LogP contribution in [0.2, 0.25) is 0 Å². The number of halogens is 3. The third-order valence-electron chi connectivity index (χ3n) is 2.87. The van der Waals surface area contributed by atoms with Crippen LogP contribution in [0, 0.1) is 0 Å². The molecular weight excluding hydrogens is 323 g/mol. The van der Waals surface area contributed by atoms with Crippen LogP contribution in [0.25, 0.3) is 6.08 Å². The molecule has 1 N–H and O–H groups in total. The van der Waals surface area contributed by atoms with Gasteiger partial charge in [0.15, 0.2) is 0 Å². The molecule has 0 unspecified atom stereocenters. The lowest BCUT2D eigenvalue weighted by Gasteiger charge is -2.06. The van der Waals surface area contributed by atoms with Gasteiger partial charge >= 0.3 is 12.1 Å². The van der Waals surface area contributed by atoms with E-state index in [1.54, 1.807) is 0 Å². The third kappa shape index (κ3) is 7.13. The summed E-state index contributed by atoms with van der Waals surface area (Å²) >= 11 is 0. The Kier molecular flexibility index (Phi) is 7.23. The molecule has 4 nitrogen and oxygen atoms in total. The number of carbonyl (C=O) groups is 2. The summed E-state index contributed by atoms with van der Waals surface area (Å²) in [5.41, 5.74) is 0.0421. The lowest BCUT2D eigenvalue weighted by molar-refractivity contribution is -0.139. The molecule has 1 amide bonds. The van der Waals surface area contributed by atoms with Gasteiger partial charge in [-0.15, -0.1) is 0 Å². The van der Waals surface area contributed by atoms with E-state index in [1.165, 1.54) is 31.2 Å². The van der Waals surface area contributed by atoms with E-state index in [-0.39, 0.29) is 12.5 Å². The van der Waals surface area contributed by atoms with E-state index in [1.807, 2.05) is 0 Å². The largest absolute Gasteiger partial charge is 0.462 e. The summed E-state index contributed by atoms with van der Waals surface area (Å²) in [5, 5.41) is 2.57. The average Bonchev–Trinajstić information content (AvgIpc) is 2.51. The Labute approximate surface area is 138 Å². The first-order chi connectivity index (χ1) is 11.2. The number of benzene rings is 1. The van der Waals surface area contributed by atoms with Gasteiger partial charge in [0.1, 0.15) is 0 Å². The van der Waals surface area contributed by atoms with Crippen molar-refractivity contribution in [2.24, 2.45) is 0 Å². The molecule has 7 heteroatoms. The van der Waals surface area contributed by atoms with Crippen molar-refractivity contribution in [3.63, 3.8) is 0 Å². The molecule has 0 atom stereocenters. The summed E-state index contributed by atoms with van der Waals surface area (Å²) in [6.07, 6.45) is -1.30. The molecule has 1 aromatic carbocycles. The second-order valence-electron chi connectivity index (χ2n) is 5.01. The van der Waals surface area contributed by atoms with Crippen LogP contribution in [-0.4, -0.2) is 25.0 Å². The Morgan fingerprint density at radius 3 is 2.42 bits per heavy atom. The molecule has 0 aliphatic heterocycles. The predicted octanol–water partition coefficient (Wildman–Crippen LogP) is 3.34. The van der Waals surface area contributed by atoms with Gasteiger partial charge in [-0.25, -0.2) is 4.79 Å². The molecule has 0 saturated carbocycles. The highest BCUT2D eigenvalue weighted by Crippen LogP contribution is 2.29. The van der Waals surface area contributed by atoms with Gasteiger partial charge in [0, 0.05) is 18.2 Å². The van der Waals surface area contributed by atoms with Crippen molar-refractivity contribution >= 4 is 18.0 Å². The molecule has 0 heterocycles. The Balaban J connectivity index is 2.33. The number of esters is 1. The first-order valence-corrected chi connectivity index (χ1v) is 7.16. The predicted molar refractivity (Wildman–Crippen MR) is 83.9 cm³/mol. The minimum atomic E-state index is -4.38. The topological polar surface area (TPSA) is 55.4 Å². The summed E-state index contributed by atoms with van der Waals surface area (Å²) in [4.78, 5) is 22.6. The Bertz CT molecular complexity index is 619. The molecule has 0 spiro atoms. The lowest BCUT2D eigenvalue weighted by Crippen LogP contribution is -2.23. The molecule has 130 valence electrons. The van der Waals surface area contributed by atoms with E-state index in [0.29, 0.717) is 24.1 Å². The average molecular weight is 341 g/mol. The highest BCUT2D eigenvalue weighted by molar-refractivity contribution is 5.91. The van der Waals surface area contributed by atoms with Crippen molar-refractivity contribution < 1.29 is 27.5 Å². The number of amides is 1. The second-order valence-corrected chi connectivity index (χ2v) is 5.01. The number of carbonyl (C=O) groups excluding carboxylic acids is 2. The number of ether oxygens (including phenoxy) is 1. The van der Waals surface area contributed by atoms with Gasteiger partial charge in [0.2, 0.25) is 5.91 Å². The fraction of sp³-hybridized carbons (Fsp3) is 0.294. The van der Waals surface area contributed by atoms with E-state index in [2.05, 4.69) is 11.9 Å². The molecule has 0 radical (unpaired) electrons. The van der Waals surface area contributed by atoms with Gasteiger partial charge in [-0.3, -0.25) is 4.79 Å². The molecule has 24 heavy (non-hydrogen) atoms. The van der Waals surface area contributed by atoms with E-state index in [0.717, 1.165) is 12.1 Å². The van der Waals surface area contributed by atoms with E-state index in [4.69, 9.17) is 4.74 Å². The summed E-state index contributed by atoms with van der Waals surface area (Å²) in [6, 6.07) is 4.47. The van der Waals surface area contributed by atoms with Crippen LogP contribution < -0.4 is 5.32 Å². The molecule has 0 aliphatic carbocycles. The van der Waals surface area contributed by atoms with Crippen molar-refractivity contribution in [2.75, 3.05) is 13.2 Å². The standard InChI is InChI=1S/C17H18F3NO3/c1-12(2)16(23)24-11-3-10-21-15(22)9-6-13-4-7-14(8-5-13)17(18,19)20/h4-9H,1,3,10-11H2,2H3,(H,21,22)/b9-6+. The van der Waals surface area contributed by atoms with Crippen LogP contribution in [0.15, 0.2) is 42.5 Å². The van der Waals surface area contributed by atoms with Crippen LogP contribution in [0.1, 0.15) is 24.5 Å². The van der Waals surface area contributed by atoms with Crippen LogP contribution in [-0.2, 0) is 20.5 Å². The van der Waals surface area contributed by atoms with E-state index in [9.17, 15) is 22.8 Å². The van der Waals surface area contributed by atoms with Crippen LogP contribution in [0.4, 0.5) is 13.2 Å². The maximum absolute atomic E-state index is 12.4. The monoisotopic (exact) mass is 341 g/mol. The Hall–Kier alpha value is -2.57. The normalized spacial score (nSPS) is 11.3.